The number of urea groups is 1. The molecule has 23 heavy (non-hydrogen) atoms. The van der Waals surface area contributed by atoms with Gasteiger partial charge in [0.05, 0.1) is 16.3 Å². The fourth-order valence-electron chi connectivity index (χ4n) is 2.24. The van der Waals surface area contributed by atoms with E-state index < -0.39 is 6.03 Å². The Morgan fingerprint density at radius 3 is 2.78 bits per heavy atom. The van der Waals surface area contributed by atoms with Crippen LogP contribution in [0.2, 0.25) is 0 Å². The average molecular weight is 334 g/mol. The number of carbonyl (C=O) groups is 2. The number of nitrogens with zero attached hydrogens (tertiary/aromatic N) is 2. The predicted molar refractivity (Wildman–Crippen MR) is 92.2 cm³/mol. The van der Waals surface area contributed by atoms with Crippen molar-refractivity contribution in [3.8, 4) is 0 Å². The lowest BCUT2D eigenvalue weighted by Gasteiger charge is -2.23. The van der Waals surface area contributed by atoms with Crippen molar-refractivity contribution in [2.45, 2.75) is 32.2 Å². The number of amides is 3. The number of thiazole rings is 1. The van der Waals surface area contributed by atoms with E-state index in [1.807, 2.05) is 31.2 Å². The molecule has 1 aromatic heterocycles. The van der Waals surface area contributed by atoms with Crippen LogP contribution in [-0.4, -0.2) is 35.4 Å². The molecule has 1 aromatic carbocycles. The SMILES string of the molecule is C[C@@H](c1nc2ccccc2s1)N(C)C(=O)CCCCNC(N)=O. The molecular weight excluding hydrogens is 312 g/mol. The fraction of sp³-hybridized carbons (Fsp3) is 0.438. The lowest BCUT2D eigenvalue weighted by molar-refractivity contribution is -0.131. The van der Waals surface area contributed by atoms with Crippen LogP contribution in [0.5, 0.6) is 0 Å². The number of unbranched alkanes of at least 4 members (excludes halogenated alkanes) is 1. The molecule has 124 valence electrons. The van der Waals surface area contributed by atoms with Gasteiger partial charge in [-0.15, -0.1) is 11.3 Å². The van der Waals surface area contributed by atoms with Crippen molar-refractivity contribution in [1.82, 2.24) is 15.2 Å². The predicted octanol–water partition coefficient (Wildman–Crippen LogP) is 2.65. The van der Waals surface area contributed by atoms with Gasteiger partial charge in [0.25, 0.3) is 0 Å². The first-order chi connectivity index (χ1) is 11.0. The Labute approximate surface area is 139 Å². The summed E-state index contributed by atoms with van der Waals surface area (Å²) in [5.74, 6) is 0.0795. The van der Waals surface area contributed by atoms with Gasteiger partial charge >= 0.3 is 6.03 Å². The average Bonchev–Trinajstić information content (AvgIpc) is 2.96. The first-order valence-electron chi connectivity index (χ1n) is 7.63. The van der Waals surface area contributed by atoms with Crippen LogP contribution >= 0.6 is 11.3 Å². The molecule has 2 aromatic rings. The van der Waals surface area contributed by atoms with Gasteiger partial charge in [0.1, 0.15) is 5.01 Å². The van der Waals surface area contributed by atoms with E-state index in [9.17, 15) is 9.59 Å². The van der Waals surface area contributed by atoms with Crippen molar-refractivity contribution in [3.63, 3.8) is 0 Å². The molecule has 0 bridgehead atoms. The second-order valence-corrected chi connectivity index (χ2v) is 6.51. The molecule has 3 N–H and O–H groups in total. The van der Waals surface area contributed by atoms with Crippen LogP contribution in [0, 0.1) is 0 Å². The smallest absolute Gasteiger partial charge is 0.312 e. The Kier molecular flexibility index (Phi) is 5.92. The van der Waals surface area contributed by atoms with E-state index in [4.69, 9.17) is 5.73 Å². The van der Waals surface area contributed by atoms with E-state index in [0.29, 0.717) is 13.0 Å². The number of primary amides is 1. The normalized spacial score (nSPS) is 12.1. The van der Waals surface area contributed by atoms with E-state index in [1.165, 1.54) is 0 Å². The van der Waals surface area contributed by atoms with Crippen LogP contribution in [-0.2, 0) is 4.79 Å². The van der Waals surface area contributed by atoms with Gasteiger partial charge < -0.3 is 16.0 Å². The summed E-state index contributed by atoms with van der Waals surface area (Å²) in [6.45, 7) is 2.49. The van der Waals surface area contributed by atoms with E-state index in [-0.39, 0.29) is 11.9 Å². The Morgan fingerprint density at radius 2 is 2.09 bits per heavy atom. The van der Waals surface area contributed by atoms with Crippen LogP contribution in [0.1, 0.15) is 37.2 Å². The van der Waals surface area contributed by atoms with E-state index in [1.54, 1.807) is 23.3 Å². The van der Waals surface area contributed by atoms with Gasteiger partial charge in [-0.05, 0) is 31.9 Å². The Balaban J connectivity index is 1.87. The zero-order chi connectivity index (χ0) is 16.8. The minimum Gasteiger partial charge on any atom is -0.352 e. The van der Waals surface area contributed by atoms with Crippen molar-refractivity contribution in [3.05, 3.63) is 29.3 Å². The molecule has 2 rings (SSSR count). The van der Waals surface area contributed by atoms with E-state index in [0.717, 1.165) is 28.1 Å². The summed E-state index contributed by atoms with van der Waals surface area (Å²) in [6, 6.07) is 7.39. The molecule has 0 saturated carbocycles. The summed E-state index contributed by atoms with van der Waals surface area (Å²) in [6.07, 6.45) is 1.90. The molecule has 7 heteroatoms. The van der Waals surface area contributed by atoms with Gasteiger partial charge in [0.2, 0.25) is 5.91 Å². The lowest BCUT2D eigenvalue weighted by Crippen LogP contribution is -2.31. The molecule has 0 fully saturated rings. The van der Waals surface area contributed by atoms with Crippen molar-refractivity contribution in [2.75, 3.05) is 13.6 Å². The second-order valence-electron chi connectivity index (χ2n) is 5.45. The highest BCUT2D eigenvalue weighted by Gasteiger charge is 2.20. The van der Waals surface area contributed by atoms with Gasteiger partial charge in [-0.25, -0.2) is 9.78 Å². The molecule has 0 saturated heterocycles. The zero-order valence-electron chi connectivity index (χ0n) is 13.4. The van der Waals surface area contributed by atoms with Crippen molar-refractivity contribution in [2.24, 2.45) is 5.73 Å². The number of fused-ring (bicyclic) bond motifs is 1. The van der Waals surface area contributed by atoms with Gasteiger partial charge in [0, 0.05) is 20.0 Å². The lowest BCUT2D eigenvalue weighted by atomic mass is 10.2. The maximum atomic E-state index is 12.3. The van der Waals surface area contributed by atoms with Gasteiger partial charge in [-0.1, -0.05) is 12.1 Å². The van der Waals surface area contributed by atoms with Gasteiger partial charge in [-0.2, -0.15) is 0 Å². The topological polar surface area (TPSA) is 88.3 Å². The number of benzene rings is 1. The number of aromatic nitrogens is 1. The molecule has 6 nitrogen and oxygen atoms in total. The third kappa shape index (κ3) is 4.66. The molecule has 0 unspecified atom stereocenters. The minimum absolute atomic E-state index is 0.0522. The van der Waals surface area contributed by atoms with E-state index in [2.05, 4.69) is 10.3 Å². The summed E-state index contributed by atoms with van der Waals surface area (Å²) in [5.41, 5.74) is 5.96. The van der Waals surface area contributed by atoms with Gasteiger partial charge in [-0.3, -0.25) is 4.79 Å². The summed E-state index contributed by atoms with van der Waals surface area (Å²) in [7, 11) is 1.81. The standard InChI is InChI=1S/C16H22N4O2S/c1-11(15-19-12-7-3-4-8-13(12)23-15)20(2)14(21)9-5-6-10-18-16(17)22/h3-4,7-8,11H,5-6,9-10H2,1-2H3,(H3,17,18,22)/t11-/m0/s1. The molecule has 3 amide bonds. The fourth-order valence-corrected chi connectivity index (χ4v) is 3.30. The van der Waals surface area contributed by atoms with Gasteiger partial charge in [0.15, 0.2) is 0 Å². The van der Waals surface area contributed by atoms with Crippen LogP contribution in [0.3, 0.4) is 0 Å². The Morgan fingerprint density at radius 1 is 1.35 bits per heavy atom. The summed E-state index contributed by atoms with van der Waals surface area (Å²) >= 11 is 1.62. The highest BCUT2D eigenvalue weighted by Crippen LogP contribution is 2.29. The molecule has 0 spiro atoms. The number of rotatable bonds is 7. The Hall–Kier alpha value is -2.15. The molecule has 0 radical (unpaired) electrons. The molecule has 0 aliphatic carbocycles. The number of nitrogens with one attached hydrogen (secondary N) is 1. The monoisotopic (exact) mass is 334 g/mol. The third-order valence-corrected chi connectivity index (χ3v) is 4.97. The second kappa shape index (κ2) is 7.92. The first-order valence-corrected chi connectivity index (χ1v) is 8.45. The van der Waals surface area contributed by atoms with E-state index >= 15 is 0 Å². The number of para-hydroxylation sites is 1. The molecule has 0 aliphatic heterocycles. The third-order valence-electron chi connectivity index (χ3n) is 3.76. The number of hydrogen-bond donors (Lipinski definition) is 2. The van der Waals surface area contributed by atoms with Crippen molar-refractivity contribution in [1.29, 1.82) is 0 Å². The molecule has 0 aliphatic rings. The highest BCUT2D eigenvalue weighted by molar-refractivity contribution is 7.18. The summed E-state index contributed by atoms with van der Waals surface area (Å²) in [5, 5.41) is 3.46. The molecule has 1 heterocycles. The largest absolute Gasteiger partial charge is 0.352 e. The van der Waals surface area contributed by atoms with Crippen LogP contribution in [0.4, 0.5) is 4.79 Å². The highest BCUT2D eigenvalue weighted by atomic mass is 32.1. The minimum atomic E-state index is -0.530. The number of hydrogen-bond acceptors (Lipinski definition) is 4. The Bertz CT molecular complexity index is 653. The van der Waals surface area contributed by atoms with Crippen LogP contribution in [0.15, 0.2) is 24.3 Å². The summed E-state index contributed by atoms with van der Waals surface area (Å²) in [4.78, 5) is 29.2. The first kappa shape index (κ1) is 17.2. The van der Waals surface area contributed by atoms with Crippen LogP contribution < -0.4 is 11.1 Å². The zero-order valence-corrected chi connectivity index (χ0v) is 14.2. The maximum absolute atomic E-state index is 12.3. The maximum Gasteiger partial charge on any atom is 0.312 e. The van der Waals surface area contributed by atoms with Crippen LogP contribution in [0.25, 0.3) is 10.2 Å². The number of carbonyl (C=O) groups excluding carboxylic acids is 2. The summed E-state index contributed by atoms with van der Waals surface area (Å²) < 4.78 is 1.13. The van der Waals surface area contributed by atoms with Crippen molar-refractivity contribution >= 4 is 33.5 Å². The molecule has 1 atom stereocenters. The quantitative estimate of drug-likeness (QED) is 0.763. The molecular formula is C16H22N4O2S. The number of nitrogens with two attached hydrogens (primary N) is 1. The van der Waals surface area contributed by atoms with Crippen molar-refractivity contribution < 1.29 is 9.59 Å².